The van der Waals surface area contributed by atoms with E-state index in [0.717, 1.165) is 37.1 Å². The van der Waals surface area contributed by atoms with Crippen molar-refractivity contribution in [2.24, 2.45) is 17.8 Å². The molecule has 3 aromatic rings. The number of halogens is 1. The first kappa shape index (κ1) is 33.1. The van der Waals surface area contributed by atoms with Gasteiger partial charge in [0, 0.05) is 28.6 Å². The second-order valence-electron chi connectivity index (χ2n) is 13.5. The predicted octanol–water partition coefficient (Wildman–Crippen LogP) is 4.97. The van der Waals surface area contributed by atoms with E-state index in [0.29, 0.717) is 54.1 Å². The lowest BCUT2D eigenvalue weighted by Gasteiger charge is -2.27. The predicted molar refractivity (Wildman–Crippen MR) is 175 cm³/mol. The third kappa shape index (κ3) is 7.92. The zero-order valence-corrected chi connectivity index (χ0v) is 28.3. The Labute approximate surface area is 266 Å². The van der Waals surface area contributed by atoms with Crippen LogP contribution in [0.2, 0.25) is 0 Å². The number of anilines is 1. The Balaban J connectivity index is 1.34. The van der Waals surface area contributed by atoms with Crippen LogP contribution in [0.5, 0.6) is 0 Å². The van der Waals surface area contributed by atoms with Crippen molar-refractivity contribution in [2.45, 2.75) is 78.6 Å². The number of amides is 2. The summed E-state index contributed by atoms with van der Waals surface area (Å²) in [6, 6.07) is 2.38. The standard InChI is InChI=1S/C32H47FN8O3S/c1-8-24-27(20(4)38-40(24)18-44-15-16-45(5,6)7)23-13-14-26(35-30(23)33)36-32(43)29(28(21-9-10-21)22-11-12-22)37-31(42)25-17-34-39-41(25)19(2)3/h13-14,17,19,21-22,28-29H,8-12,15-16,18H2,1-7H3,(H,37,42)(H,35,36,43). The summed E-state index contributed by atoms with van der Waals surface area (Å²) in [5.41, 5.74) is 2.85. The Bertz CT molecular complexity index is 1510. The number of rotatable bonds is 15. The Morgan fingerprint density at radius 2 is 1.82 bits per heavy atom. The number of pyridine rings is 1. The van der Waals surface area contributed by atoms with Gasteiger partial charge in [0.2, 0.25) is 11.9 Å². The van der Waals surface area contributed by atoms with E-state index in [4.69, 9.17) is 4.74 Å². The zero-order valence-electron chi connectivity index (χ0n) is 27.5. The lowest BCUT2D eigenvalue weighted by molar-refractivity contribution is -0.119. The van der Waals surface area contributed by atoms with Crippen LogP contribution in [0.1, 0.15) is 74.4 Å². The molecule has 2 N–H and O–H groups in total. The Kier molecular flexibility index (Phi) is 9.97. The summed E-state index contributed by atoms with van der Waals surface area (Å²) in [7, 11) is -0.662. The number of hydrogen-bond donors (Lipinski definition) is 2. The monoisotopic (exact) mass is 642 g/mol. The summed E-state index contributed by atoms with van der Waals surface area (Å²) in [5.74, 6) is 0.347. The SMILES string of the molecule is CCc1c(-c2ccc(NC(=O)C(NC(=O)c3cnnn3C(C)C)C(C3CC3)C3CC3)nc2F)c(C)nn1COCCS(C)(C)C. The topological polar surface area (TPSA) is 129 Å². The van der Waals surface area contributed by atoms with Gasteiger partial charge in [-0.15, -0.1) is 5.10 Å². The molecule has 0 aliphatic heterocycles. The fraction of sp³-hybridized carbons (Fsp3) is 0.625. The fourth-order valence-corrected chi connectivity index (χ4v) is 6.65. The quantitative estimate of drug-likeness (QED) is 0.177. The van der Waals surface area contributed by atoms with E-state index in [9.17, 15) is 9.59 Å². The average molecular weight is 643 g/mol. The number of aromatic nitrogens is 6. The molecule has 2 saturated carbocycles. The van der Waals surface area contributed by atoms with Gasteiger partial charge in [-0.25, -0.2) is 24.4 Å². The molecule has 1 atom stereocenters. The molecule has 246 valence electrons. The number of aryl methyl sites for hydroxylation is 1. The summed E-state index contributed by atoms with van der Waals surface area (Å²) >= 11 is 0. The zero-order chi connectivity index (χ0) is 32.5. The van der Waals surface area contributed by atoms with E-state index in [1.165, 1.54) is 10.9 Å². The molecule has 1 unspecified atom stereocenters. The second kappa shape index (κ2) is 13.6. The summed E-state index contributed by atoms with van der Waals surface area (Å²) in [6.45, 7) is 8.62. The molecule has 11 nitrogen and oxygen atoms in total. The molecule has 5 rings (SSSR count). The summed E-state index contributed by atoms with van der Waals surface area (Å²) in [4.78, 5) is 31.3. The lowest BCUT2D eigenvalue weighted by atomic mass is 9.88. The molecular formula is C32H47FN8O3S. The number of hydrogen-bond acceptors (Lipinski definition) is 7. The highest BCUT2D eigenvalue weighted by molar-refractivity contribution is 8.32. The van der Waals surface area contributed by atoms with Crippen molar-refractivity contribution in [1.82, 2.24) is 35.1 Å². The molecule has 2 fully saturated rings. The van der Waals surface area contributed by atoms with E-state index < -0.39 is 33.8 Å². The highest BCUT2D eigenvalue weighted by Gasteiger charge is 2.48. The van der Waals surface area contributed by atoms with Crippen molar-refractivity contribution in [1.29, 1.82) is 0 Å². The maximum atomic E-state index is 15.7. The minimum Gasteiger partial charge on any atom is -0.358 e. The molecule has 0 bridgehead atoms. The van der Waals surface area contributed by atoms with Gasteiger partial charge in [-0.2, -0.15) is 9.49 Å². The van der Waals surface area contributed by atoms with Gasteiger partial charge in [-0.05, 0) is 102 Å². The molecule has 2 aliphatic carbocycles. The smallest absolute Gasteiger partial charge is 0.271 e. The minimum absolute atomic E-state index is 0.00840. The van der Waals surface area contributed by atoms with E-state index in [1.54, 1.807) is 16.8 Å². The lowest BCUT2D eigenvalue weighted by Crippen LogP contribution is -2.50. The number of nitrogens with one attached hydrogen (secondary N) is 2. The Morgan fingerprint density at radius 1 is 1.13 bits per heavy atom. The Hall–Kier alpha value is -3.32. The van der Waals surface area contributed by atoms with Gasteiger partial charge in [-0.3, -0.25) is 9.59 Å². The van der Waals surface area contributed by atoms with Crippen LogP contribution < -0.4 is 10.6 Å². The maximum Gasteiger partial charge on any atom is 0.271 e. The van der Waals surface area contributed by atoms with Crippen molar-refractivity contribution < 1.29 is 18.7 Å². The average Bonchev–Trinajstić information content (AvgIpc) is 3.90. The van der Waals surface area contributed by atoms with Gasteiger partial charge in [-0.1, -0.05) is 12.1 Å². The van der Waals surface area contributed by atoms with E-state index in [1.807, 2.05) is 27.7 Å². The van der Waals surface area contributed by atoms with Crippen molar-refractivity contribution in [3.8, 4) is 11.1 Å². The van der Waals surface area contributed by atoms with Gasteiger partial charge >= 0.3 is 0 Å². The summed E-state index contributed by atoms with van der Waals surface area (Å²) in [6.07, 6.45) is 12.9. The molecule has 3 aromatic heterocycles. The van der Waals surface area contributed by atoms with E-state index >= 15 is 4.39 Å². The number of nitrogens with zero attached hydrogens (tertiary/aromatic N) is 6. The summed E-state index contributed by atoms with van der Waals surface area (Å²) in [5, 5.41) is 18.4. The second-order valence-corrected chi connectivity index (χ2v) is 18.1. The largest absolute Gasteiger partial charge is 0.358 e. The number of ether oxygens (including phenoxy) is 1. The van der Waals surface area contributed by atoms with Crippen LogP contribution in [0.25, 0.3) is 11.1 Å². The van der Waals surface area contributed by atoms with Gasteiger partial charge in [0.15, 0.2) is 0 Å². The molecule has 13 heteroatoms. The van der Waals surface area contributed by atoms with E-state index in [-0.39, 0.29) is 17.8 Å². The minimum atomic E-state index is -0.787. The third-order valence-corrected chi connectivity index (χ3v) is 9.97. The molecule has 0 radical (unpaired) electrons. The first-order valence-electron chi connectivity index (χ1n) is 15.9. The van der Waals surface area contributed by atoms with Gasteiger partial charge < -0.3 is 15.4 Å². The first-order valence-corrected chi connectivity index (χ1v) is 18.9. The highest BCUT2D eigenvalue weighted by atomic mass is 32.3. The molecule has 45 heavy (non-hydrogen) atoms. The molecule has 2 aliphatic rings. The number of carbonyl (C=O) groups excluding carboxylic acids is 2. The van der Waals surface area contributed by atoms with Crippen LogP contribution >= 0.6 is 10.0 Å². The molecule has 0 spiro atoms. The maximum absolute atomic E-state index is 15.7. The van der Waals surface area contributed by atoms with Crippen LogP contribution in [-0.4, -0.2) is 78.7 Å². The Morgan fingerprint density at radius 3 is 2.40 bits per heavy atom. The van der Waals surface area contributed by atoms with Crippen LogP contribution in [-0.2, 0) is 22.7 Å². The molecular weight excluding hydrogens is 595 g/mol. The molecule has 2 amide bonds. The van der Waals surface area contributed by atoms with Crippen molar-refractivity contribution >= 4 is 27.7 Å². The summed E-state index contributed by atoms with van der Waals surface area (Å²) < 4.78 is 24.9. The fourth-order valence-electron chi connectivity index (χ4n) is 6.03. The normalized spacial score (nSPS) is 16.3. The highest BCUT2D eigenvalue weighted by Crippen LogP contribution is 2.51. The van der Waals surface area contributed by atoms with Crippen LogP contribution in [0, 0.1) is 30.6 Å². The first-order chi connectivity index (χ1) is 21.4. The third-order valence-electron chi connectivity index (χ3n) is 8.57. The van der Waals surface area contributed by atoms with Gasteiger partial charge in [0.1, 0.15) is 24.3 Å². The van der Waals surface area contributed by atoms with E-state index in [2.05, 4.69) is 49.8 Å². The van der Waals surface area contributed by atoms with Crippen LogP contribution in [0.3, 0.4) is 0 Å². The van der Waals surface area contributed by atoms with Crippen LogP contribution in [0.15, 0.2) is 18.3 Å². The van der Waals surface area contributed by atoms with Crippen LogP contribution in [0.4, 0.5) is 10.2 Å². The van der Waals surface area contributed by atoms with Crippen molar-refractivity contribution in [2.75, 3.05) is 36.4 Å². The van der Waals surface area contributed by atoms with Gasteiger partial charge in [0.05, 0.1) is 18.5 Å². The molecule has 3 heterocycles. The van der Waals surface area contributed by atoms with Crippen molar-refractivity contribution in [3.05, 3.63) is 41.4 Å². The molecule has 0 aromatic carbocycles. The number of carbonyl (C=O) groups is 2. The van der Waals surface area contributed by atoms with Crippen molar-refractivity contribution in [3.63, 3.8) is 0 Å². The van der Waals surface area contributed by atoms with Gasteiger partial charge in [0.25, 0.3) is 5.91 Å². The molecule has 0 saturated heterocycles.